The Kier molecular flexibility index (Phi) is 8.76. The predicted molar refractivity (Wildman–Crippen MR) is 87.9 cm³/mol. The third kappa shape index (κ3) is 6.76. The summed E-state index contributed by atoms with van der Waals surface area (Å²) in [4.78, 5) is 12.0. The number of hydrogen-bond acceptors (Lipinski definition) is 3. The molecule has 3 nitrogen and oxygen atoms in total. The van der Waals surface area contributed by atoms with Gasteiger partial charge >= 0.3 is 0 Å². The van der Waals surface area contributed by atoms with Crippen molar-refractivity contribution in [1.29, 1.82) is 0 Å². The van der Waals surface area contributed by atoms with E-state index in [1.165, 1.54) is 5.56 Å². The van der Waals surface area contributed by atoms with Gasteiger partial charge in [0.25, 0.3) is 0 Å². The van der Waals surface area contributed by atoms with Crippen LogP contribution in [0.4, 0.5) is 0 Å². The van der Waals surface area contributed by atoms with Crippen molar-refractivity contribution >= 4 is 5.78 Å². The predicted octanol–water partition coefficient (Wildman–Crippen LogP) is 3.76. The number of ketones is 1. The molecule has 0 bridgehead atoms. The van der Waals surface area contributed by atoms with Crippen molar-refractivity contribution in [3.8, 4) is 5.75 Å². The number of carbonyl (C=O) groups excluding carboxylic acids is 1. The van der Waals surface area contributed by atoms with Crippen molar-refractivity contribution < 1.29 is 9.53 Å². The fraction of sp³-hybridized carbons (Fsp3) is 0.611. The first-order chi connectivity index (χ1) is 10.2. The van der Waals surface area contributed by atoms with Crippen LogP contribution < -0.4 is 10.1 Å². The maximum Gasteiger partial charge on any atom is 0.149 e. The van der Waals surface area contributed by atoms with E-state index in [1.807, 2.05) is 19.1 Å². The summed E-state index contributed by atoms with van der Waals surface area (Å²) in [6.07, 6.45) is 4.60. The van der Waals surface area contributed by atoms with Crippen molar-refractivity contribution in [3.63, 3.8) is 0 Å². The molecule has 1 atom stereocenters. The lowest BCUT2D eigenvalue weighted by Gasteiger charge is -2.17. The summed E-state index contributed by atoms with van der Waals surface area (Å²) in [5.41, 5.74) is 1.18. The van der Waals surface area contributed by atoms with Crippen molar-refractivity contribution in [1.82, 2.24) is 5.32 Å². The minimum Gasteiger partial charge on any atom is -0.494 e. The summed E-state index contributed by atoms with van der Waals surface area (Å²) in [6.45, 7) is 7.84. The van der Waals surface area contributed by atoms with Gasteiger partial charge in [-0.05, 0) is 43.5 Å². The number of unbranched alkanes of at least 4 members (excludes halogenated alkanes) is 1. The van der Waals surface area contributed by atoms with Gasteiger partial charge in [0.2, 0.25) is 0 Å². The van der Waals surface area contributed by atoms with Crippen LogP contribution in [-0.4, -0.2) is 25.0 Å². The Bertz CT molecular complexity index is 400. The molecule has 3 heteroatoms. The Morgan fingerprint density at radius 1 is 1.14 bits per heavy atom. The van der Waals surface area contributed by atoms with Crippen LogP contribution in [0.5, 0.6) is 5.75 Å². The van der Waals surface area contributed by atoms with Gasteiger partial charge in [0.1, 0.15) is 11.5 Å². The van der Waals surface area contributed by atoms with Crippen LogP contribution in [0, 0.1) is 0 Å². The van der Waals surface area contributed by atoms with E-state index in [0.717, 1.165) is 44.6 Å². The molecule has 1 unspecified atom stereocenters. The highest BCUT2D eigenvalue weighted by molar-refractivity contribution is 5.84. The molecule has 1 aromatic carbocycles. The van der Waals surface area contributed by atoms with Crippen LogP contribution >= 0.6 is 0 Å². The number of benzene rings is 1. The average Bonchev–Trinajstić information content (AvgIpc) is 2.52. The SMILES string of the molecule is CCCCNC(Cc1ccc(OCCC)cc1)C(=O)CC. The fourth-order valence-electron chi connectivity index (χ4n) is 2.18. The van der Waals surface area contributed by atoms with Crippen molar-refractivity contribution in [2.75, 3.05) is 13.2 Å². The minimum atomic E-state index is -0.0658. The van der Waals surface area contributed by atoms with Crippen LogP contribution in [0.25, 0.3) is 0 Å². The van der Waals surface area contributed by atoms with E-state index < -0.39 is 0 Å². The Balaban J connectivity index is 2.58. The van der Waals surface area contributed by atoms with Gasteiger partial charge in [-0.3, -0.25) is 4.79 Å². The summed E-state index contributed by atoms with van der Waals surface area (Å²) in [5, 5.41) is 3.39. The Labute approximate surface area is 129 Å². The first-order valence-corrected chi connectivity index (χ1v) is 8.19. The third-order valence-electron chi connectivity index (χ3n) is 3.49. The largest absolute Gasteiger partial charge is 0.494 e. The Hall–Kier alpha value is -1.35. The van der Waals surface area contributed by atoms with Crippen LogP contribution in [0.3, 0.4) is 0 Å². The summed E-state index contributed by atoms with van der Waals surface area (Å²) >= 11 is 0. The zero-order valence-electron chi connectivity index (χ0n) is 13.7. The van der Waals surface area contributed by atoms with E-state index in [1.54, 1.807) is 0 Å². The van der Waals surface area contributed by atoms with Crippen molar-refractivity contribution in [2.45, 2.75) is 58.9 Å². The molecule has 118 valence electrons. The second-order valence-corrected chi connectivity index (χ2v) is 5.38. The van der Waals surface area contributed by atoms with Crippen molar-refractivity contribution in [2.24, 2.45) is 0 Å². The van der Waals surface area contributed by atoms with Gasteiger partial charge in [-0.25, -0.2) is 0 Å². The molecule has 0 aliphatic heterocycles. The molecule has 0 heterocycles. The maximum absolute atomic E-state index is 12.0. The molecule has 0 spiro atoms. The second kappa shape index (κ2) is 10.4. The molecule has 0 aliphatic carbocycles. The fourth-order valence-corrected chi connectivity index (χ4v) is 2.18. The van der Waals surface area contributed by atoms with E-state index in [2.05, 4.69) is 31.3 Å². The molecular weight excluding hydrogens is 262 g/mol. The molecule has 21 heavy (non-hydrogen) atoms. The lowest BCUT2D eigenvalue weighted by molar-refractivity contribution is -0.120. The molecule has 0 fully saturated rings. The van der Waals surface area contributed by atoms with Gasteiger partial charge < -0.3 is 10.1 Å². The highest BCUT2D eigenvalue weighted by Crippen LogP contribution is 2.14. The third-order valence-corrected chi connectivity index (χ3v) is 3.49. The molecule has 1 aromatic rings. The topological polar surface area (TPSA) is 38.3 Å². The molecule has 1 N–H and O–H groups in total. The number of ether oxygens (including phenoxy) is 1. The van der Waals surface area contributed by atoms with E-state index in [0.29, 0.717) is 6.42 Å². The van der Waals surface area contributed by atoms with E-state index in [9.17, 15) is 4.79 Å². The molecule has 0 saturated heterocycles. The van der Waals surface area contributed by atoms with Gasteiger partial charge in [0.05, 0.1) is 12.6 Å². The zero-order valence-corrected chi connectivity index (χ0v) is 13.7. The first kappa shape index (κ1) is 17.7. The monoisotopic (exact) mass is 291 g/mol. The van der Waals surface area contributed by atoms with Gasteiger partial charge in [0.15, 0.2) is 0 Å². The second-order valence-electron chi connectivity index (χ2n) is 5.38. The van der Waals surface area contributed by atoms with Crippen LogP contribution in [0.2, 0.25) is 0 Å². The maximum atomic E-state index is 12.0. The summed E-state index contributed by atoms with van der Waals surface area (Å²) in [5.74, 6) is 1.19. The lowest BCUT2D eigenvalue weighted by atomic mass is 10.0. The molecule has 0 radical (unpaired) electrons. The standard InChI is InChI=1S/C18H29NO2/c1-4-7-12-19-17(18(20)6-3)14-15-8-10-16(11-9-15)21-13-5-2/h8-11,17,19H,4-7,12-14H2,1-3H3. The van der Waals surface area contributed by atoms with Crippen molar-refractivity contribution in [3.05, 3.63) is 29.8 Å². The minimum absolute atomic E-state index is 0.0658. The van der Waals surface area contributed by atoms with Gasteiger partial charge in [-0.1, -0.05) is 39.3 Å². The first-order valence-electron chi connectivity index (χ1n) is 8.19. The molecule has 0 saturated carbocycles. The van der Waals surface area contributed by atoms with E-state index in [-0.39, 0.29) is 11.8 Å². The lowest BCUT2D eigenvalue weighted by Crippen LogP contribution is -2.38. The molecule has 0 amide bonds. The van der Waals surface area contributed by atoms with Gasteiger partial charge in [0, 0.05) is 6.42 Å². The van der Waals surface area contributed by atoms with E-state index >= 15 is 0 Å². The van der Waals surface area contributed by atoms with E-state index in [4.69, 9.17) is 4.74 Å². The number of rotatable bonds is 11. The van der Waals surface area contributed by atoms with Crippen LogP contribution in [0.15, 0.2) is 24.3 Å². The summed E-state index contributed by atoms with van der Waals surface area (Å²) < 4.78 is 5.58. The smallest absolute Gasteiger partial charge is 0.149 e. The van der Waals surface area contributed by atoms with Gasteiger partial charge in [-0.2, -0.15) is 0 Å². The molecule has 1 rings (SSSR count). The number of nitrogens with one attached hydrogen (secondary N) is 1. The van der Waals surface area contributed by atoms with Crippen LogP contribution in [0.1, 0.15) is 52.0 Å². The molecule has 0 aromatic heterocycles. The quantitative estimate of drug-likeness (QED) is 0.631. The average molecular weight is 291 g/mol. The highest BCUT2D eigenvalue weighted by Gasteiger charge is 2.16. The van der Waals surface area contributed by atoms with Gasteiger partial charge in [-0.15, -0.1) is 0 Å². The number of Topliss-reactive ketones (excluding diaryl/α,β-unsaturated/α-hetero) is 1. The summed E-state index contributed by atoms with van der Waals surface area (Å²) in [7, 11) is 0. The normalized spacial score (nSPS) is 12.1. The summed E-state index contributed by atoms with van der Waals surface area (Å²) in [6, 6.07) is 8.03. The number of carbonyl (C=O) groups is 1. The number of hydrogen-bond donors (Lipinski definition) is 1. The molecular formula is C18H29NO2. The zero-order chi connectivity index (χ0) is 15.5. The van der Waals surface area contributed by atoms with Crippen LogP contribution in [-0.2, 0) is 11.2 Å². The Morgan fingerprint density at radius 3 is 2.43 bits per heavy atom. The highest BCUT2D eigenvalue weighted by atomic mass is 16.5. The Morgan fingerprint density at radius 2 is 1.86 bits per heavy atom. The molecule has 0 aliphatic rings.